The Labute approximate surface area is 149 Å². The summed E-state index contributed by atoms with van der Waals surface area (Å²) < 4.78 is 6.33. The quantitative estimate of drug-likeness (QED) is 0.661. The molecule has 6 nitrogen and oxygen atoms in total. The summed E-state index contributed by atoms with van der Waals surface area (Å²) >= 11 is 2.94. The van der Waals surface area contributed by atoms with E-state index in [1.807, 2.05) is 6.07 Å². The predicted molar refractivity (Wildman–Crippen MR) is 96.6 cm³/mol. The van der Waals surface area contributed by atoms with Crippen molar-refractivity contribution in [3.63, 3.8) is 0 Å². The van der Waals surface area contributed by atoms with Gasteiger partial charge in [0.05, 0.1) is 17.7 Å². The molecule has 2 rings (SSSR count). The van der Waals surface area contributed by atoms with Crippen LogP contribution in [0.25, 0.3) is 0 Å². The molecular formula is C16H20N4O2S2. The molecule has 1 aromatic carbocycles. The fourth-order valence-corrected chi connectivity index (χ4v) is 3.36. The number of hydrogen-bond acceptors (Lipinski definition) is 8. The Hall–Kier alpha value is -1.82. The van der Waals surface area contributed by atoms with Gasteiger partial charge in [-0.1, -0.05) is 36.9 Å². The summed E-state index contributed by atoms with van der Waals surface area (Å²) in [5.41, 5.74) is 0.580. The molecule has 0 aliphatic heterocycles. The van der Waals surface area contributed by atoms with E-state index < -0.39 is 6.10 Å². The van der Waals surface area contributed by atoms with Crippen molar-refractivity contribution in [2.45, 2.75) is 24.3 Å². The first-order valence-electron chi connectivity index (χ1n) is 7.58. The van der Waals surface area contributed by atoms with E-state index in [9.17, 15) is 5.11 Å². The fraction of sp³-hybridized carbons (Fsp3) is 0.438. The molecule has 1 heterocycles. The lowest BCUT2D eigenvalue weighted by atomic mass is 10.2. The van der Waals surface area contributed by atoms with Crippen LogP contribution in [0.5, 0.6) is 5.75 Å². The van der Waals surface area contributed by atoms with Crippen LogP contribution in [0.15, 0.2) is 28.6 Å². The van der Waals surface area contributed by atoms with Crippen LogP contribution in [-0.4, -0.2) is 40.3 Å². The highest BCUT2D eigenvalue weighted by Gasteiger charge is 2.10. The van der Waals surface area contributed by atoms with Crippen molar-refractivity contribution in [3.8, 4) is 11.8 Å². The number of anilines is 1. The number of aliphatic hydroxyl groups excluding tert-OH is 1. The Bertz CT molecular complexity index is 667. The lowest BCUT2D eigenvalue weighted by molar-refractivity contribution is 0.126. The van der Waals surface area contributed by atoms with Crippen LogP contribution in [0.1, 0.15) is 19.4 Å². The summed E-state index contributed by atoms with van der Waals surface area (Å²) in [6.07, 6.45) is -0.610. The molecular weight excluding hydrogens is 344 g/mol. The zero-order valence-electron chi connectivity index (χ0n) is 13.6. The van der Waals surface area contributed by atoms with Crippen molar-refractivity contribution < 1.29 is 9.84 Å². The second-order valence-corrected chi connectivity index (χ2v) is 7.80. The van der Waals surface area contributed by atoms with Gasteiger partial charge in [0, 0.05) is 12.3 Å². The molecule has 0 amide bonds. The van der Waals surface area contributed by atoms with Crippen LogP contribution in [-0.2, 0) is 0 Å². The van der Waals surface area contributed by atoms with Crippen LogP contribution in [0.3, 0.4) is 0 Å². The Morgan fingerprint density at radius 1 is 1.33 bits per heavy atom. The first kappa shape index (κ1) is 18.5. The van der Waals surface area contributed by atoms with Crippen molar-refractivity contribution >= 4 is 28.2 Å². The van der Waals surface area contributed by atoms with E-state index in [0.29, 0.717) is 23.0 Å². The molecule has 1 unspecified atom stereocenters. The molecule has 2 N–H and O–H groups in total. The number of aromatic nitrogens is 2. The Morgan fingerprint density at radius 3 is 2.75 bits per heavy atom. The van der Waals surface area contributed by atoms with Gasteiger partial charge in [-0.3, -0.25) is 0 Å². The SMILES string of the molecule is CC(C)CNc1nnc(SCC(O)COc2ccc(C#N)cc2)s1. The third-order valence-electron chi connectivity index (χ3n) is 2.89. The summed E-state index contributed by atoms with van der Waals surface area (Å²) in [6, 6.07) is 8.85. The normalized spacial score (nSPS) is 12.0. The van der Waals surface area contributed by atoms with Crippen molar-refractivity contribution in [2.24, 2.45) is 5.92 Å². The highest BCUT2D eigenvalue weighted by molar-refractivity contribution is 8.01. The Kier molecular flexibility index (Phi) is 7.31. The Balaban J connectivity index is 1.70. The van der Waals surface area contributed by atoms with Crippen LogP contribution < -0.4 is 10.1 Å². The van der Waals surface area contributed by atoms with Crippen molar-refractivity contribution in [3.05, 3.63) is 29.8 Å². The number of nitriles is 1. The lowest BCUT2D eigenvalue weighted by Crippen LogP contribution is -2.20. The maximum atomic E-state index is 10.00. The molecule has 0 bridgehead atoms. The minimum atomic E-state index is -0.610. The van der Waals surface area contributed by atoms with Crippen LogP contribution in [0.4, 0.5) is 5.13 Å². The molecule has 0 spiro atoms. The van der Waals surface area contributed by atoms with Gasteiger partial charge in [-0.05, 0) is 30.2 Å². The standard InChI is InChI=1S/C16H20N4O2S2/c1-11(2)8-18-15-19-20-16(24-15)23-10-13(21)9-22-14-5-3-12(7-17)4-6-14/h3-6,11,13,21H,8-10H2,1-2H3,(H,18,19). The summed E-state index contributed by atoms with van der Waals surface area (Å²) in [7, 11) is 0. The van der Waals surface area contributed by atoms with E-state index in [1.165, 1.54) is 23.1 Å². The fourth-order valence-electron chi connectivity index (χ4n) is 1.66. The van der Waals surface area contributed by atoms with E-state index in [2.05, 4.69) is 29.4 Å². The van der Waals surface area contributed by atoms with Crippen molar-refractivity contribution in [1.82, 2.24) is 10.2 Å². The maximum Gasteiger partial charge on any atom is 0.206 e. The van der Waals surface area contributed by atoms with Gasteiger partial charge < -0.3 is 15.2 Å². The molecule has 8 heteroatoms. The summed E-state index contributed by atoms with van der Waals surface area (Å²) in [5.74, 6) is 1.66. The zero-order valence-corrected chi connectivity index (χ0v) is 15.2. The molecule has 1 aromatic heterocycles. The largest absolute Gasteiger partial charge is 0.491 e. The molecule has 2 aromatic rings. The number of benzene rings is 1. The summed E-state index contributed by atoms with van der Waals surface area (Å²) in [6.45, 7) is 5.32. The summed E-state index contributed by atoms with van der Waals surface area (Å²) in [4.78, 5) is 0. The molecule has 0 saturated carbocycles. The monoisotopic (exact) mass is 364 g/mol. The first-order valence-corrected chi connectivity index (χ1v) is 9.38. The molecule has 0 radical (unpaired) electrons. The van der Waals surface area contributed by atoms with E-state index in [-0.39, 0.29) is 6.61 Å². The van der Waals surface area contributed by atoms with E-state index >= 15 is 0 Å². The number of hydrogen-bond donors (Lipinski definition) is 2. The van der Waals surface area contributed by atoms with E-state index in [0.717, 1.165) is 16.0 Å². The average Bonchev–Trinajstić information content (AvgIpc) is 3.04. The second kappa shape index (κ2) is 9.47. The molecule has 0 aliphatic carbocycles. The van der Waals surface area contributed by atoms with E-state index in [4.69, 9.17) is 10.00 Å². The molecule has 24 heavy (non-hydrogen) atoms. The van der Waals surface area contributed by atoms with Crippen LogP contribution >= 0.6 is 23.1 Å². The smallest absolute Gasteiger partial charge is 0.206 e. The number of aliphatic hydroxyl groups is 1. The van der Waals surface area contributed by atoms with Gasteiger partial charge in [0.2, 0.25) is 5.13 Å². The topological polar surface area (TPSA) is 91.1 Å². The second-order valence-electron chi connectivity index (χ2n) is 5.56. The van der Waals surface area contributed by atoms with Crippen LogP contribution in [0, 0.1) is 17.2 Å². The predicted octanol–water partition coefficient (Wildman–Crippen LogP) is 3.01. The minimum Gasteiger partial charge on any atom is -0.491 e. The highest BCUT2D eigenvalue weighted by atomic mass is 32.2. The van der Waals surface area contributed by atoms with Crippen molar-refractivity contribution in [1.29, 1.82) is 5.26 Å². The molecule has 0 fully saturated rings. The van der Waals surface area contributed by atoms with Crippen LogP contribution in [0.2, 0.25) is 0 Å². The van der Waals surface area contributed by atoms with Crippen molar-refractivity contribution in [2.75, 3.05) is 24.2 Å². The maximum absolute atomic E-state index is 10.00. The number of ether oxygens (including phenoxy) is 1. The van der Waals surface area contributed by atoms with Gasteiger partial charge >= 0.3 is 0 Å². The van der Waals surface area contributed by atoms with Gasteiger partial charge in [-0.2, -0.15) is 5.26 Å². The third kappa shape index (κ3) is 6.35. The molecule has 1 atom stereocenters. The first-order chi connectivity index (χ1) is 11.6. The third-order valence-corrected chi connectivity index (χ3v) is 5.05. The van der Waals surface area contributed by atoms with Gasteiger partial charge in [0.25, 0.3) is 0 Å². The zero-order chi connectivity index (χ0) is 17.4. The van der Waals surface area contributed by atoms with E-state index in [1.54, 1.807) is 24.3 Å². The summed E-state index contributed by atoms with van der Waals surface area (Å²) in [5, 5.41) is 30.9. The highest BCUT2D eigenvalue weighted by Crippen LogP contribution is 2.26. The number of nitrogens with one attached hydrogen (secondary N) is 1. The number of nitrogens with zero attached hydrogens (tertiary/aromatic N) is 3. The van der Waals surface area contributed by atoms with Gasteiger partial charge in [-0.15, -0.1) is 10.2 Å². The molecule has 0 aliphatic rings. The minimum absolute atomic E-state index is 0.191. The van der Waals surface area contributed by atoms with Gasteiger partial charge in [0.1, 0.15) is 12.4 Å². The number of rotatable bonds is 9. The molecule has 0 saturated heterocycles. The van der Waals surface area contributed by atoms with Gasteiger partial charge in [0.15, 0.2) is 4.34 Å². The number of thioether (sulfide) groups is 1. The lowest BCUT2D eigenvalue weighted by Gasteiger charge is -2.11. The molecule has 128 valence electrons. The average molecular weight is 364 g/mol. The van der Waals surface area contributed by atoms with Gasteiger partial charge in [-0.25, -0.2) is 0 Å². The Morgan fingerprint density at radius 2 is 2.08 bits per heavy atom.